The number of unbranched alkanes of at least 4 members (excludes halogenated alkanes) is 15. The number of allylic oxidation sites excluding steroid dienone is 4. The second kappa shape index (κ2) is 31.0. The van der Waals surface area contributed by atoms with Crippen molar-refractivity contribution in [1.82, 2.24) is 0 Å². The zero-order chi connectivity index (χ0) is 30.2. The van der Waals surface area contributed by atoms with E-state index >= 15 is 0 Å². The zero-order valence-electron chi connectivity index (χ0n) is 26.4. The number of hydrogen-bond donors (Lipinski definition) is 2. The Balaban J connectivity index is 3.54. The summed E-state index contributed by atoms with van der Waals surface area (Å²) in [6.07, 6.45) is 32.4. The van der Waals surface area contributed by atoms with Gasteiger partial charge >= 0.3 is 11.9 Å². The molecule has 0 bridgehead atoms. The highest BCUT2D eigenvalue weighted by atomic mass is 16.6. The van der Waals surface area contributed by atoms with E-state index in [1.54, 1.807) is 0 Å². The van der Waals surface area contributed by atoms with E-state index < -0.39 is 12.2 Å². The lowest BCUT2D eigenvalue weighted by molar-refractivity contribution is -0.152. The van der Waals surface area contributed by atoms with Crippen LogP contribution in [-0.4, -0.2) is 47.6 Å². The predicted molar refractivity (Wildman–Crippen MR) is 170 cm³/mol. The van der Waals surface area contributed by atoms with Crippen LogP contribution in [-0.2, 0) is 19.1 Å². The van der Waals surface area contributed by atoms with Crippen LogP contribution in [0.1, 0.15) is 149 Å². The molecule has 0 saturated carbocycles. The first kappa shape index (κ1) is 39.1. The molecule has 2 atom stereocenters. The fraction of sp³-hybridized carbons (Fsp3) is 0.771. The van der Waals surface area contributed by atoms with E-state index in [2.05, 4.69) is 26.0 Å². The van der Waals surface area contributed by atoms with Crippen molar-refractivity contribution in [3.8, 4) is 0 Å². The molecule has 6 heteroatoms. The van der Waals surface area contributed by atoms with Crippen LogP contribution in [0.3, 0.4) is 0 Å². The van der Waals surface area contributed by atoms with Crippen molar-refractivity contribution in [2.24, 2.45) is 0 Å². The topological polar surface area (TPSA) is 93.1 Å². The number of aliphatic hydroxyl groups is 2. The molecule has 0 radical (unpaired) electrons. The van der Waals surface area contributed by atoms with Crippen LogP contribution in [0.4, 0.5) is 0 Å². The summed E-state index contributed by atoms with van der Waals surface area (Å²) in [5, 5.41) is 19.7. The molecule has 0 heterocycles. The van der Waals surface area contributed by atoms with Gasteiger partial charge in [-0.25, -0.2) is 0 Å². The molecule has 238 valence electrons. The van der Waals surface area contributed by atoms with Crippen molar-refractivity contribution in [1.29, 1.82) is 0 Å². The standard InChI is InChI=1S/C35H62O6/c1-3-5-7-8-9-10-11-14-17-20-24-28-34(38)40-30-33(37)31-41-35(39)29-25-21-18-15-12-13-16-19-23-27-32(36)26-22-6-4-2/h6,16,19,22-23,27,32-33,36-37H,3-5,7-15,17-18,20-21,24-26,28-31H2,1-2H3/b19-16+,22-6+,27-23+/t32?,33-/m0/s1. The average Bonchev–Trinajstić information content (AvgIpc) is 2.96. The number of aliphatic hydroxyl groups excluding tert-OH is 2. The maximum atomic E-state index is 11.9. The largest absolute Gasteiger partial charge is 0.463 e. The second-order valence-corrected chi connectivity index (χ2v) is 11.1. The Labute approximate surface area is 251 Å². The molecule has 0 aromatic heterocycles. The Morgan fingerprint density at radius 3 is 1.61 bits per heavy atom. The SMILES string of the molecule is CC/C=C/CC(O)/C=C/C=C/CCCCCCCC(=O)OC[C@@H](O)COC(=O)CCCCCCCCCCCCC. The van der Waals surface area contributed by atoms with E-state index in [0.717, 1.165) is 64.2 Å². The lowest BCUT2D eigenvalue weighted by Crippen LogP contribution is -2.25. The number of ether oxygens (including phenoxy) is 2. The zero-order valence-corrected chi connectivity index (χ0v) is 26.4. The first-order valence-corrected chi connectivity index (χ1v) is 16.6. The molecule has 0 rings (SSSR count). The fourth-order valence-electron chi connectivity index (χ4n) is 4.41. The van der Waals surface area contributed by atoms with Crippen molar-refractivity contribution < 1.29 is 29.3 Å². The second-order valence-electron chi connectivity index (χ2n) is 11.1. The van der Waals surface area contributed by atoms with Crippen molar-refractivity contribution in [2.45, 2.75) is 161 Å². The molecule has 1 unspecified atom stereocenters. The minimum atomic E-state index is -0.982. The monoisotopic (exact) mass is 578 g/mol. The van der Waals surface area contributed by atoms with E-state index in [-0.39, 0.29) is 25.2 Å². The summed E-state index contributed by atoms with van der Waals surface area (Å²) in [6, 6.07) is 0. The van der Waals surface area contributed by atoms with E-state index in [0.29, 0.717) is 19.3 Å². The maximum Gasteiger partial charge on any atom is 0.305 e. The van der Waals surface area contributed by atoms with E-state index in [1.807, 2.05) is 24.3 Å². The van der Waals surface area contributed by atoms with Crippen LogP contribution in [0, 0.1) is 0 Å². The van der Waals surface area contributed by atoms with E-state index in [9.17, 15) is 19.8 Å². The smallest absolute Gasteiger partial charge is 0.305 e. The normalized spacial score (nSPS) is 13.4. The quantitative estimate of drug-likeness (QED) is 0.0399. The highest BCUT2D eigenvalue weighted by molar-refractivity contribution is 5.69. The molecule has 6 nitrogen and oxygen atoms in total. The van der Waals surface area contributed by atoms with Gasteiger partial charge in [0.25, 0.3) is 0 Å². The van der Waals surface area contributed by atoms with Crippen LogP contribution >= 0.6 is 0 Å². The van der Waals surface area contributed by atoms with Gasteiger partial charge in [-0.05, 0) is 38.5 Å². The van der Waals surface area contributed by atoms with Crippen molar-refractivity contribution >= 4 is 11.9 Å². The van der Waals surface area contributed by atoms with Gasteiger partial charge in [-0.15, -0.1) is 0 Å². The predicted octanol–water partition coefficient (Wildman–Crippen LogP) is 8.70. The van der Waals surface area contributed by atoms with Gasteiger partial charge in [0.05, 0.1) is 6.10 Å². The van der Waals surface area contributed by atoms with Crippen LogP contribution in [0.25, 0.3) is 0 Å². The summed E-state index contributed by atoms with van der Waals surface area (Å²) in [5.74, 6) is -0.619. The third kappa shape index (κ3) is 30.9. The van der Waals surface area contributed by atoms with Crippen molar-refractivity contribution in [3.05, 3.63) is 36.5 Å². The Bertz CT molecular complexity index is 684. The van der Waals surface area contributed by atoms with Crippen molar-refractivity contribution in [3.63, 3.8) is 0 Å². The molecular weight excluding hydrogens is 516 g/mol. The number of esters is 2. The minimum absolute atomic E-state index is 0.134. The molecule has 0 aliphatic rings. The van der Waals surface area contributed by atoms with Crippen LogP contribution in [0.5, 0.6) is 0 Å². The van der Waals surface area contributed by atoms with Crippen LogP contribution in [0.15, 0.2) is 36.5 Å². The molecule has 41 heavy (non-hydrogen) atoms. The Kier molecular flexibility index (Phi) is 29.6. The minimum Gasteiger partial charge on any atom is -0.463 e. The van der Waals surface area contributed by atoms with Gasteiger partial charge in [-0.1, -0.05) is 134 Å². The Morgan fingerprint density at radius 2 is 1.10 bits per heavy atom. The molecule has 0 fully saturated rings. The molecule has 0 aliphatic carbocycles. The maximum absolute atomic E-state index is 11.9. The summed E-state index contributed by atoms with van der Waals surface area (Å²) in [7, 11) is 0. The third-order valence-electron chi connectivity index (χ3n) is 6.97. The number of hydrogen-bond acceptors (Lipinski definition) is 6. The van der Waals surface area contributed by atoms with Crippen LogP contribution < -0.4 is 0 Å². The summed E-state index contributed by atoms with van der Waals surface area (Å²) in [4.78, 5) is 23.8. The molecule has 0 spiro atoms. The summed E-state index contributed by atoms with van der Waals surface area (Å²) >= 11 is 0. The third-order valence-corrected chi connectivity index (χ3v) is 6.97. The van der Waals surface area contributed by atoms with Gasteiger partial charge in [0.15, 0.2) is 0 Å². The van der Waals surface area contributed by atoms with Crippen LogP contribution in [0.2, 0.25) is 0 Å². The first-order valence-electron chi connectivity index (χ1n) is 16.6. The number of rotatable bonds is 29. The summed E-state index contributed by atoms with van der Waals surface area (Å²) in [6.45, 7) is 4.04. The van der Waals surface area contributed by atoms with Crippen molar-refractivity contribution in [2.75, 3.05) is 13.2 Å². The molecule has 0 amide bonds. The van der Waals surface area contributed by atoms with Gasteiger partial charge in [-0.3, -0.25) is 9.59 Å². The van der Waals surface area contributed by atoms with E-state index in [1.165, 1.54) is 51.4 Å². The van der Waals surface area contributed by atoms with Gasteiger partial charge in [0, 0.05) is 12.8 Å². The highest BCUT2D eigenvalue weighted by Crippen LogP contribution is 2.12. The highest BCUT2D eigenvalue weighted by Gasteiger charge is 2.12. The average molecular weight is 579 g/mol. The van der Waals surface area contributed by atoms with Gasteiger partial charge in [0.1, 0.15) is 19.3 Å². The molecule has 0 aliphatic heterocycles. The molecule has 0 aromatic carbocycles. The Hall–Kier alpha value is -1.92. The summed E-state index contributed by atoms with van der Waals surface area (Å²) in [5.41, 5.74) is 0. The molecular formula is C35H62O6. The lowest BCUT2D eigenvalue weighted by atomic mass is 10.1. The Morgan fingerprint density at radius 1 is 0.610 bits per heavy atom. The fourth-order valence-corrected chi connectivity index (χ4v) is 4.41. The van der Waals surface area contributed by atoms with Gasteiger partial charge in [-0.2, -0.15) is 0 Å². The van der Waals surface area contributed by atoms with Gasteiger partial charge < -0.3 is 19.7 Å². The molecule has 2 N–H and O–H groups in total. The molecule has 0 saturated heterocycles. The first-order chi connectivity index (χ1) is 20.0. The number of carbonyl (C=O) groups is 2. The lowest BCUT2D eigenvalue weighted by Gasteiger charge is -2.12. The summed E-state index contributed by atoms with van der Waals surface area (Å²) < 4.78 is 10.2. The van der Waals surface area contributed by atoms with E-state index in [4.69, 9.17) is 9.47 Å². The molecule has 0 aromatic rings. The number of carbonyl (C=O) groups excluding carboxylic acids is 2. The van der Waals surface area contributed by atoms with Gasteiger partial charge in [0.2, 0.25) is 0 Å².